The molecule has 1 N–H and O–H groups in total. The molecule has 0 spiro atoms. The largest absolute Gasteiger partial charge is 0.307 e. The topological polar surface area (TPSA) is 46.9 Å². The number of amides is 1. The van der Waals surface area contributed by atoms with Crippen LogP contribution in [0.15, 0.2) is 28.7 Å². The van der Waals surface area contributed by atoms with Gasteiger partial charge in [-0.3, -0.25) is 4.79 Å². The van der Waals surface area contributed by atoms with Crippen molar-refractivity contribution in [1.29, 1.82) is 0 Å². The number of nitrogens with zero attached hydrogens (tertiary/aromatic N) is 2. The van der Waals surface area contributed by atoms with Crippen molar-refractivity contribution in [2.45, 2.75) is 52.5 Å². The molecule has 0 bridgehead atoms. The van der Waals surface area contributed by atoms with Crippen molar-refractivity contribution in [2.24, 2.45) is 0 Å². The van der Waals surface area contributed by atoms with E-state index in [0.29, 0.717) is 15.9 Å². The average Bonchev–Trinajstić information content (AvgIpc) is 2.82. The molecule has 0 radical (unpaired) electrons. The lowest BCUT2D eigenvalue weighted by Crippen LogP contribution is -2.27. The maximum Gasteiger partial charge on any atom is 0.257 e. The summed E-state index contributed by atoms with van der Waals surface area (Å²) in [5.74, 6) is -0.0884. The molecule has 1 heterocycles. The Morgan fingerprint density at radius 3 is 2.29 bits per heavy atom. The number of carbonyl (C=O) groups is 1. The third kappa shape index (κ3) is 4.04. The molecule has 0 saturated heterocycles. The Bertz CT molecular complexity index is 770. The van der Waals surface area contributed by atoms with Gasteiger partial charge in [0.15, 0.2) is 0 Å². The van der Waals surface area contributed by atoms with Crippen LogP contribution in [0.2, 0.25) is 0 Å². The molecule has 2 rings (SSSR count). The molecule has 4 nitrogen and oxygen atoms in total. The molecule has 1 aromatic heterocycles. The van der Waals surface area contributed by atoms with Gasteiger partial charge in [0.05, 0.1) is 16.8 Å². The highest BCUT2D eigenvalue weighted by Gasteiger charge is 2.26. The molecule has 0 aliphatic heterocycles. The minimum Gasteiger partial charge on any atom is -0.307 e. The van der Waals surface area contributed by atoms with Gasteiger partial charge in [0.2, 0.25) is 0 Å². The van der Waals surface area contributed by atoms with Gasteiger partial charge in [-0.05, 0) is 54.9 Å². The van der Waals surface area contributed by atoms with Gasteiger partial charge in [-0.2, -0.15) is 5.10 Å². The zero-order valence-electron chi connectivity index (χ0n) is 14.9. The van der Waals surface area contributed by atoms with Crippen LogP contribution in [0.5, 0.6) is 0 Å². The van der Waals surface area contributed by atoms with Crippen molar-refractivity contribution in [3.63, 3.8) is 0 Å². The number of hydrogen-bond donors (Lipinski definition) is 1. The number of rotatable bonds is 2. The van der Waals surface area contributed by atoms with E-state index < -0.39 is 5.82 Å². The second-order valence-electron chi connectivity index (χ2n) is 7.83. The Labute approximate surface area is 150 Å². The fourth-order valence-corrected chi connectivity index (χ4v) is 2.74. The van der Waals surface area contributed by atoms with Gasteiger partial charge in [0.25, 0.3) is 5.91 Å². The highest BCUT2D eigenvalue weighted by atomic mass is 79.9. The molecule has 0 aliphatic carbocycles. The quantitative estimate of drug-likeness (QED) is 0.769. The second-order valence-corrected chi connectivity index (χ2v) is 8.68. The van der Waals surface area contributed by atoms with Crippen LogP contribution < -0.4 is 5.32 Å². The van der Waals surface area contributed by atoms with Crippen molar-refractivity contribution in [2.75, 3.05) is 5.32 Å². The summed E-state index contributed by atoms with van der Waals surface area (Å²) in [4.78, 5) is 12.6. The first-order chi connectivity index (χ1) is 10.9. The summed E-state index contributed by atoms with van der Waals surface area (Å²) >= 11 is 3.23. The van der Waals surface area contributed by atoms with E-state index in [1.807, 2.05) is 31.5 Å². The number of nitrogens with one attached hydrogen (secondary N) is 1. The zero-order valence-corrected chi connectivity index (χ0v) is 16.5. The minimum atomic E-state index is -0.395. The van der Waals surface area contributed by atoms with E-state index in [2.05, 4.69) is 47.1 Å². The summed E-state index contributed by atoms with van der Waals surface area (Å²) in [6.45, 7) is 12.3. The average molecular weight is 396 g/mol. The zero-order chi connectivity index (χ0) is 18.3. The van der Waals surface area contributed by atoms with E-state index in [9.17, 15) is 9.18 Å². The van der Waals surface area contributed by atoms with Crippen molar-refractivity contribution in [3.05, 3.63) is 45.8 Å². The van der Waals surface area contributed by atoms with E-state index in [1.54, 1.807) is 0 Å². The fraction of sp³-hybridized carbons (Fsp3) is 0.444. The first kappa shape index (κ1) is 18.6. The number of hydrogen-bond acceptors (Lipinski definition) is 2. The summed E-state index contributed by atoms with van der Waals surface area (Å²) in [5, 5.41) is 7.56. The van der Waals surface area contributed by atoms with Gasteiger partial charge < -0.3 is 5.32 Å². The highest BCUT2D eigenvalue weighted by molar-refractivity contribution is 9.10. The smallest absolute Gasteiger partial charge is 0.257 e. The van der Waals surface area contributed by atoms with Crippen LogP contribution >= 0.6 is 15.9 Å². The van der Waals surface area contributed by atoms with Crippen LogP contribution in [0.25, 0.3) is 0 Å². The number of halogens is 2. The van der Waals surface area contributed by atoms with Gasteiger partial charge in [-0.15, -0.1) is 0 Å². The predicted octanol–water partition coefficient (Wildman–Crippen LogP) is 5.09. The molecule has 0 aliphatic rings. The highest BCUT2D eigenvalue weighted by Crippen LogP contribution is 2.29. The number of benzene rings is 1. The van der Waals surface area contributed by atoms with E-state index >= 15 is 0 Å². The summed E-state index contributed by atoms with van der Waals surface area (Å²) in [5.41, 5.74) is 0.847. The molecule has 2 aromatic rings. The van der Waals surface area contributed by atoms with Gasteiger partial charge in [0.1, 0.15) is 11.6 Å². The predicted molar refractivity (Wildman–Crippen MR) is 98.0 cm³/mol. The van der Waals surface area contributed by atoms with E-state index in [-0.39, 0.29) is 16.9 Å². The van der Waals surface area contributed by atoms with Crippen LogP contribution in [-0.4, -0.2) is 15.7 Å². The van der Waals surface area contributed by atoms with Crippen molar-refractivity contribution < 1.29 is 9.18 Å². The Hall–Kier alpha value is -1.69. The molecule has 1 amide bonds. The Kier molecular flexibility index (Phi) is 4.91. The molecule has 6 heteroatoms. The van der Waals surface area contributed by atoms with Crippen LogP contribution in [0.1, 0.15) is 57.6 Å². The molecular weight excluding hydrogens is 373 g/mol. The van der Waals surface area contributed by atoms with Gasteiger partial charge in [-0.1, -0.05) is 20.8 Å². The monoisotopic (exact) mass is 395 g/mol. The maximum atomic E-state index is 13.2. The lowest BCUT2D eigenvalue weighted by Gasteiger charge is -2.23. The third-order valence-electron chi connectivity index (χ3n) is 3.53. The Morgan fingerprint density at radius 1 is 1.17 bits per heavy atom. The number of carbonyl (C=O) groups excluding carboxylic acids is 1. The van der Waals surface area contributed by atoms with Crippen molar-refractivity contribution in [3.8, 4) is 0 Å². The summed E-state index contributed by atoms with van der Waals surface area (Å²) in [6, 6.07) is 5.88. The van der Waals surface area contributed by atoms with Crippen LogP contribution in [-0.2, 0) is 11.0 Å². The first-order valence-corrected chi connectivity index (χ1v) is 8.56. The van der Waals surface area contributed by atoms with E-state index in [0.717, 1.165) is 5.69 Å². The van der Waals surface area contributed by atoms with Crippen molar-refractivity contribution in [1.82, 2.24) is 9.78 Å². The second kappa shape index (κ2) is 6.31. The first-order valence-electron chi connectivity index (χ1n) is 7.77. The normalized spacial score (nSPS) is 12.3. The molecule has 1 aromatic carbocycles. The number of anilines is 1. The lowest BCUT2D eigenvalue weighted by atomic mass is 9.92. The van der Waals surface area contributed by atoms with Gasteiger partial charge in [-0.25, -0.2) is 9.07 Å². The molecule has 0 unspecified atom stereocenters. The lowest BCUT2D eigenvalue weighted by molar-refractivity contribution is 0.102. The van der Waals surface area contributed by atoms with E-state index in [1.165, 1.54) is 18.2 Å². The molecule has 24 heavy (non-hydrogen) atoms. The van der Waals surface area contributed by atoms with Gasteiger partial charge >= 0.3 is 0 Å². The molecule has 130 valence electrons. The van der Waals surface area contributed by atoms with Crippen LogP contribution in [0.3, 0.4) is 0 Å². The Morgan fingerprint density at radius 2 is 1.79 bits per heavy atom. The Balaban J connectivity index is 2.41. The fourth-order valence-electron chi connectivity index (χ4n) is 2.21. The van der Waals surface area contributed by atoms with E-state index in [4.69, 9.17) is 0 Å². The minimum absolute atomic E-state index is 0.133. The summed E-state index contributed by atoms with van der Waals surface area (Å²) in [7, 11) is 0. The summed E-state index contributed by atoms with van der Waals surface area (Å²) < 4.78 is 15.4. The number of aromatic nitrogens is 2. The van der Waals surface area contributed by atoms with Crippen LogP contribution in [0, 0.1) is 5.82 Å². The standard InChI is InChI=1S/C18H23BrFN3O/c1-17(2,3)14-10-15(23(22-14)18(4,5)6)21-16(24)12-8-7-11(20)9-13(12)19/h7-10H,1-6H3,(H,21,24). The molecule has 0 atom stereocenters. The molecule has 0 saturated carbocycles. The summed E-state index contributed by atoms with van der Waals surface area (Å²) in [6.07, 6.45) is 0. The SMILES string of the molecule is CC(C)(C)c1cc(NC(=O)c2ccc(F)cc2Br)n(C(C)(C)C)n1. The molecule has 0 fully saturated rings. The van der Waals surface area contributed by atoms with Crippen molar-refractivity contribution >= 4 is 27.7 Å². The maximum absolute atomic E-state index is 13.2. The van der Waals surface area contributed by atoms with Gasteiger partial charge in [0, 0.05) is 16.0 Å². The van der Waals surface area contributed by atoms with Crippen LogP contribution in [0.4, 0.5) is 10.2 Å². The third-order valence-corrected chi connectivity index (χ3v) is 4.19. The molecular formula is C18H23BrFN3O.